The number of rotatable bonds is 6. The van der Waals surface area contributed by atoms with E-state index in [4.69, 9.17) is 9.72 Å². The molecule has 28 heavy (non-hydrogen) atoms. The number of anilines is 1. The van der Waals surface area contributed by atoms with Gasteiger partial charge in [-0.25, -0.2) is 4.98 Å². The summed E-state index contributed by atoms with van der Waals surface area (Å²) in [5.41, 5.74) is 2.48. The van der Waals surface area contributed by atoms with E-state index in [1.54, 1.807) is 7.11 Å². The number of methoxy groups -OCH3 is 1. The summed E-state index contributed by atoms with van der Waals surface area (Å²) in [4.78, 5) is 15.3. The summed E-state index contributed by atoms with van der Waals surface area (Å²) in [7, 11) is 3.56. The number of thiazole rings is 1. The first-order chi connectivity index (χ1) is 13.6. The molecule has 1 N–H and O–H groups in total. The minimum atomic E-state index is 0.863. The Morgan fingerprint density at radius 1 is 1.21 bits per heavy atom. The molecule has 1 aromatic heterocycles. The molecule has 2 aromatic rings. The Hall–Kier alpha value is -2.28. The van der Waals surface area contributed by atoms with E-state index < -0.39 is 0 Å². The van der Waals surface area contributed by atoms with Crippen LogP contribution in [0.5, 0.6) is 5.75 Å². The van der Waals surface area contributed by atoms with Crippen LogP contribution in [0.25, 0.3) is 0 Å². The third kappa shape index (κ3) is 4.95. The highest BCUT2D eigenvalue weighted by Crippen LogP contribution is 2.21. The number of benzene rings is 1. The number of hydrogen-bond acceptors (Lipinski definition) is 5. The molecule has 1 fully saturated rings. The van der Waals surface area contributed by atoms with Gasteiger partial charge in [0.25, 0.3) is 0 Å². The Labute approximate surface area is 172 Å². The van der Waals surface area contributed by atoms with Crippen molar-refractivity contribution in [2.75, 3.05) is 51.8 Å². The molecule has 6 nitrogen and oxygen atoms in total. The van der Waals surface area contributed by atoms with E-state index in [1.807, 2.05) is 30.5 Å². The van der Waals surface area contributed by atoms with Crippen molar-refractivity contribution in [1.29, 1.82) is 0 Å². The summed E-state index contributed by atoms with van der Waals surface area (Å²) in [6.07, 6.45) is 1.95. The van der Waals surface area contributed by atoms with Crippen LogP contribution in [0.15, 0.2) is 29.3 Å². The second-order valence-electron chi connectivity index (χ2n) is 6.86. The van der Waals surface area contributed by atoms with Crippen molar-refractivity contribution < 1.29 is 4.74 Å². The maximum atomic E-state index is 5.25. The van der Waals surface area contributed by atoms with Crippen LogP contribution < -0.4 is 15.0 Å². The van der Waals surface area contributed by atoms with Crippen LogP contribution in [-0.4, -0.2) is 62.7 Å². The molecule has 0 atom stereocenters. The standard InChI is InChI=1S/C21H31N5OS/c1-5-19-16(2)28-20(24-19)10-11-23-21(22-3)26-14-12-25(13-15-26)17-6-8-18(27-4)9-7-17/h6-9H,5,10-15H2,1-4H3,(H,22,23). The Bertz CT molecular complexity index is 779. The van der Waals surface area contributed by atoms with E-state index in [0.29, 0.717) is 0 Å². The van der Waals surface area contributed by atoms with E-state index in [1.165, 1.54) is 21.3 Å². The average Bonchev–Trinajstić information content (AvgIpc) is 3.11. The van der Waals surface area contributed by atoms with Gasteiger partial charge in [-0.05, 0) is 37.6 Å². The Kier molecular flexibility index (Phi) is 7.14. The number of aliphatic imine (C=N–C) groups is 1. The van der Waals surface area contributed by atoms with Crippen LogP contribution in [0.4, 0.5) is 5.69 Å². The third-order valence-corrected chi connectivity index (χ3v) is 6.20. The van der Waals surface area contributed by atoms with Gasteiger partial charge in [-0.15, -0.1) is 11.3 Å². The molecule has 1 aliphatic rings. The van der Waals surface area contributed by atoms with Crippen molar-refractivity contribution in [1.82, 2.24) is 15.2 Å². The van der Waals surface area contributed by atoms with Crippen LogP contribution in [0.1, 0.15) is 22.5 Å². The lowest BCUT2D eigenvalue weighted by Crippen LogP contribution is -2.52. The molecule has 0 spiro atoms. The number of piperazine rings is 1. The Morgan fingerprint density at radius 3 is 2.50 bits per heavy atom. The number of nitrogens with one attached hydrogen (secondary N) is 1. The van der Waals surface area contributed by atoms with Gasteiger partial charge in [0.05, 0.1) is 17.8 Å². The smallest absolute Gasteiger partial charge is 0.193 e. The van der Waals surface area contributed by atoms with E-state index in [0.717, 1.165) is 57.3 Å². The van der Waals surface area contributed by atoms with Crippen LogP contribution in [-0.2, 0) is 12.8 Å². The van der Waals surface area contributed by atoms with E-state index >= 15 is 0 Å². The van der Waals surface area contributed by atoms with Gasteiger partial charge in [0, 0.05) is 56.8 Å². The van der Waals surface area contributed by atoms with Gasteiger partial charge in [-0.2, -0.15) is 0 Å². The Morgan fingerprint density at radius 2 is 1.93 bits per heavy atom. The van der Waals surface area contributed by atoms with Gasteiger partial charge in [-0.3, -0.25) is 4.99 Å². The molecule has 1 saturated heterocycles. The minimum absolute atomic E-state index is 0.863. The number of ether oxygens (including phenoxy) is 1. The highest BCUT2D eigenvalue weighted by atomic mass is 32.1. The van der Waals surface area contributed by atoms with E-state index in [-0.39, 0.29) is 0 Å². The fraction of sp³-hybridized carbons (Fsp3) is 0.524. The molecule has 1 aliphatic heterocycles. The molecule has 152 valence electrons. The first-order valence-electron chi connectivity index (χ1n) is 9.94. The van der Waals surface area contributed by atoms with Crippen LogP contribution >= 0.6 is 11.3 Å². The predicted octanol–water partition coefficient (Wildman–Crippen LogP) is 2.96. The lowest BCUT2D eigenvalue weighted by Gasteiger charge is -2.37. The van der Waals surface area contributed by atoms with Crippen molar-refractivity contribution >= 4 is 23.0 Å². The molecule has 0 bridgehead atoms. The monoisotopic (exact) mass is 401 g/mol. The summed E-state index contributed by atoms with van der Waals surface area (Å²) < 4.78 is 5.25. The van der Waals surface area contributed by atoms with Gasteiger partial charge < -0.3 is 19.9 Å². The maximum Gasteiger partial charge on any atom is 0.193 e. The molecule has 3 rings (SSSR count). The van der Waals surface area contributed by atoms with Crippen LogP contribution in [0, 0.1) is 6.92 Å². The second-order valence-corrected chi connectivity index (χ2v) is 8.15. The Balaban J connectivity index is 1.47. The molecule has 0 saturated carbocycles. The van der Waals surface area contributed by atoms with Crippen molar-refractivity contribution in [2.45, 2.75) is 26.7 Å². The SMILES string of the molecule is CCc1nc(CCNC(=NC)N2CCN(c3ccc(OC)cc3)CC2)sc1C. The second kappa shape index (κ2) is 9.78. The lowest BCUT2D eigenvalue weighted by atomic mass is 10.2. The van der Waals surface area contributed by atoms with Crippen LogP contribution in [0.2, 0.25) is 0 Å². The van der Waals surface area contributed by atoms with Gasteiger partial charge in [0.2, 0.25) is 0 Å². The molecule has 2 heterocycles. The number of hydrogen-bond donors (Lipinski definition) is 1. The van der Waals surface area contributed by atoms with Crippen LogP contribution in [0.3, 0.4) is 0 Å². The normalized spacial score (nSPS) is 15.1. The molecule has 0 radical (unpaired) electrons. The molecule has 0 aliphatic carbocycles. The van der Waals surface area contributed by atoms with Gasteiger partial charge >= 0.3 is 0 Å². The average molecular weight is 402 g/mol. The van der Waals surface area contributed by atoms with Crippen molar-refractivity contribution in [3.05, 3.63) is 39.8 Å². The lowest BCUT2D eigenvalue weighted by molar-refractivity contribution is 0.373. The number of guanidine groups is 1. The van der Waals surface area contributed by atoms with E-state index in [9.17, 15) is 0 Å². The van der Waals surface area contributed by atoms with E-state index in [2.05, 4.69) is 46.1 Å². The number of aromatic nitrogens is 1. The zero-order valence-electron chi connectivity index (χ0n) is 17.4. The zero-order chi connectivity index (χ0) is 19.9. The summed E-state index contributed by atoms with van der Waals surface area (Å²) in [6.45, 7) is 9.08. The topological polar surface area (TPSA) is 53.0 Å². The fourth-order valence-corrected chi connectivity index (χ4v) is 4.53. The molecular formula is C21H31N5OS. The fourth-order valence-electron chi connectivity index (χ4n) is 3.51. The number of aryl methyl sites for hydroxylation is 2. The summed E-state index contributed by atoms with van der Waals surface area (Å²) in [5.74, 6) is 1.88. The quantitative estimate of drug-likeness (QED) is 0.596. The van der Waals surface area contributed by atoms with Crippen molar-refractivity contribution in [3.63, 3.8) is 0 Å². The molecule has 0 amide bonds. The van der Waals surface area contributed by atoms with Gasteiger partial charge in [0.15, 0.2) is 5.96 Å². The summed E-state index contributed by atoms with van der Waals surface area (Å²) in [6, 6.07) is 8.29. The summed E-state index contributed by atoms with van der Waals surface area (Å²) >= 11 is 1.81. The largest absolute Gasteiger partial charge is 0.497 e. The first kappa shape index (κ1) is 20.5. The third-order valence-electron chi connectivity index (χ3n) is 5.12. The first-order valence-corrected chi connectivity index (χ1v) is 10.8. The van der Waals surface area contributed by atoms with Gasteiger partial charge in [0.1, 0.15) is 5.75 Å². The molecule has 1 aromatic carbocycles. The zero-order valence-corrected chi connectivity index (χ0v) is 18.2. The predicted molar refractivity (Wildman–Crippen MR) is 118 cm³/mol. The maximum absolute atomic E-state index is 5.25. The van der Waals surface area contributed by atoms with Crippen molar-refractivity contribution in [3.8, 4) is 5.75 Å². The molecular weight excluding hydrogens is 370 g/mol. The molecule has 7 heteroatoms. The summed E-state index contributed by atoms with van der Waals surface area (Å²) in [5, 5.41) is 4.72. The highest BCUT2D eigenvalue weighted by molar-refractivity contribution is 7.11. The number of nitrogens with zero attached hydrogens (tertiary/aromatic N) is 4. The van der Waals surface area contributed by atoms with Crippen molar-refractivity contribution in [2.24, 2.45) is 4.99 Å². The highest BCUT2D eigenvalue weighted by Gasteiger charge is 2.20. The van der Waals surface area contributed by atoms with Gasteiger partial charge in [-0.1, -0.05) is 6.92 Å². The minimum Gasteiger partial charge on any atom is -0.497 e. The molecule has 0 unspecified atom stereocenters.